The summed E-state index contributed by atoms with van der Waals surface area (Å²) in [6.45, 7) is 6.11. The molecule has 0 saturated heterocycles. The van der Waals surface area contributed by atoms with Gasteiger partial charge >= 0.3 is 0 Å². The highest BCUT2D eigenvalue weighted by atomic mass is 16.3. The first-order valence-electron chi connectivity index (χ1n) is 4.51. The topological polar surface area (TPSA) is 46.2 Å². The molecule has 1 saturated carbocycles. The third-order valence-electron chi connectivity index (χ3n) is 3.40. The Kier molecular flexibility index (Phi) is 2.01. The second-order valence-corrected chi connectivity index (χ2v) is 3.88. The van der Waals surface area contributed by atoms with E-state index in [-0.39, 0.29) is 5.54 Å². The molecule has 0 spiro atoms. The Morgan fingerprint density at radius 1 is 1.55 bits per heavy atom. The highest BCUT2D eigenvalue weighted by molar-refractivity contribution is 5.17. The molecule has 1 aliphatic rings. The molecule has 2 heteroatoms. The first-order valence-corrected chi connectivity index (χ1v) is 4.51. The van der Waals surface area contributed by atoms with Crippen LogP contribution in [0.1, 0.15) is 40.0 Å². The van der Waals surface area contributed by atoms with E-state index in [0.717, 1.165) is 19.3 Å². The number of hydrogen-bond acceptors (Lipinski definition) is 2. The van der Waals surface area contributed by atoms with Gasteiger partial charge < -0.3 is 10.8 Å². The molecule has 0 heterocycles. The van der Waals surface area contributed by atoms with Crippen molar-refractivity contribution in [2.24, 2.45) is 11.7 Å². The first-order chi connectivity index (χ1) is 5.00. The Labute approximate surface area is 68.8 Å². The molecule has 2 nitrogen and oxygen atoms in total. The second kappa shape index (κ2) is 2.46. The molecule has 66 valence electrons. The maximum absolute atomic E-state index is 10.1. The predicted octanol–water partition coefficient (Wildman–Crippen LogP) is 1.27. The van der Waals surface area contributed by atoms with Crippen molar-refractivity contribution < 1.29 is 5.11 Å². The molecule has 0 aromatic rings. The van der Waals surface area contributed by atoms with E-state index in [1.165, 1.54) is 0 Å². The van der Waals surface area contributed by atoms with Gasteiger partial charge in [-0.3, -0.25) is 0 Å². The molecule has 1 fully saturated rings. The van der Waals surface area contributed by atoms with Crippen LogP contribution in [0.5, 0.6) is 0 Å². The third-order valence-corrected chi connectivity index (χ3v) is 3.40. The average molecular weight is 157 g/mol. The zero-order valence-electron chi connectivity index (χ0n) is 7.72. The summed E-state index contributed by atoms with van der Waals surface area (Å²) in [5.74, 6) is 0.493. The summed E-state index contributed by atoms with van der Waals surface area (Å²) in [5.41, 5.74) is 5.14. The average Bonchev–Trinajstić information content (AvgIpc) is 2.60. The Bertz CT molecular complexity index is 154. The summed E-state index contributed by atoms with van der Waals surface area (Å²) < 4.78 is 0. The second-order valence-electron chi connectivity index (χ2n) is 3.88. The van der Waals surface area contributed by atoms with Crippen LogP contribution in [-0.4, -0.2) is 16.2 Å². The Morgan fingerprint density at radius 2 is 1.91 bits per heavy atom. The van der Waals surface area contributed by atoms with E-state index in [0.29, 0.717) is 5.92 Å². The molecule has 0 aromatic carbocycles. The van der Waals surface area contributed by atoms with Crippen LogP contribution in [0.15, 0.2) is 0 Å². The lowest BCUT2D eigenvalue weighted by atomic mass is 9.85. The summed E-state index contributed by atoms with van der Waals surface area (Å²) in [6.07, 6.45) is 2.51. The Morgan fingerprint density at radius 3 is 2.00 bits per heavy atom. The normalized spacial score (nSPS) is 37.4. The van der Waals surface area contributed by atoms with E-state index in [2.05, 4.69) is 6.92 Å². The standard InChI is InChI=1S/C9H19NO/c1-4-8(11,5-2)9(10)6-7(9)3/h7,11H,4-6,10H2,1-3H3. The Balaban J connectivity index is 2.70. The van der Waals surface area contributed by atoms with Crippen LogP contribution in [0, 0.1) is 5.92 Å². The monoisotopic (exact) mass is 157 g/mol. The van der Waals surface area contributed by atoms with Crippen LogP contribution in [0.3, 0.4) is 0 Å². The van der Waals surface area contributed by atoms with Gasteiger partial charge in [-0.15, -0.1) is 0 Å². The van der Waals surface area contributed by atoms with Crippen molar-refractivity contribution in [2.75, 3.05) is 0 Å². The first kappa shape index (κ1) is 9.01. The maximum Gasteiger partial charge on any atom is 0.0823 e. The molecular formula is C9H19NO. The molecule has 1 rings (SSSR count). The van der Waals surface area contributed by atoms with Crippen molar-refractivity contribution in [3.63, 3.8) is 0 Å². The largest absolute Gasteiger partial charge is 0.388 e. The molecule has 0 aliphatic heterocycles. The van der Waals surface area contributed by atoms with Gasteiger partial charge in [-0.05, 0) is 25.2 Å². The fourth-order valence-electron chi connectivity index (χ4n) is 2.00. The van der Waals surface area contributed by atoms with E-state index in [1.807, 2.05) is 13.8 Å². The van der Waals surface area contributed by atoms with Gasteiger partial charge in [-0.1, -0.05) is 20.8 Å². The van der Waals surface area contributed by atoms with E-state index < -0.39 is 5.60 Å². The van der Waals surface area contributed by atoms with Crippen molar-refractivity contribution in [2.45, 2.75) is 51.2 Å². The van der Waals surface area contributed by atoms with Crippen molar-refractivity contribution >= 4 is 0 Å². The molecule has 11 heavy (non-hydrogen) atoms. The summed E-state index contributed by atoms with van der Waals surface area (Å²) >= 11 is 0. The smallest absolute Gasteiger partial charge is 0.0823 e. The molecule has 0 aromatic heterocycles. The molecular weight excluding hydrogens is 138 g/mol. The zero-order chi connectivity index (χ0) is 8.70. The van der Waals surface area contributed by atoms with Crippen LogP contribution in [0.25, 0.3) is 0 Å². The van der Waals surface area contributed by atoms with Gasteiger partial charge in [0, 0.05) is 5.54 Å². The lowest BCUT2D eigenvalue weighted by Crippen LogP contribution is -2.51. The summed E-state index contributed by atoms with van der Waals surface area (Å²) in [5, 5.41) is 10.1. The molecule has 1 aliphatic carbocycles. The summed E-state index contributed by atoms with van der Waals surface area (Å²) in [7, 11) is 0. The minimum atomic E-state index is -0.619. The van der Waals surface area contributed by atoms with E-state index >= 15 is 0 Å². The van der Waals surface area contributed by atoms with Crippen LogP contribution in [0.4, 0.5) is 0 Å². The van der Waals surface area contributed by atoms with Gasteiger partial charge in [-0.2, -0.15) is 0 Å². The van der Waals surface area contributed by atoms with Gasteiger partial charge in [0.2, 0.25) is 0 Å². The SMILES string of the molecule is CCC(O)(CC)C1(N)CC1C. The van der Waals surface area contributed by atoms with Gasteiger partial charge in [-0.25, -0.2) is 0 Å². The number of rotatable bonds is 3. The zero-order valence-corrected chi connectivity index (χ0v) is 7.72. The van der Waals surface area contributed by atoms with Crippen LogP contribution < -0.4 is 5.73 Å². The van der Waals surface area contributed by atoms with E-state index in [9.17, 15) is 5.11 Å². The molecule has 2 atom stereocenters. The van der Waals surface area contributed by atoms with Crippen LogP contribution in [-0.2, 0) is 0 Å². The predicted molar refractivity (Wildman–Crippen MR) is 46.2 cm³/mol. The number of aliphatic hydroxyl groups is 1. The summed E-state index contributed by atoms with van der Waals surface area (Å²) in [4.78, 5) is 0. The maximum atomic E-state index is 10.1. The van der Waals surface area contributed by atoms with Gasteiger partial charge in [0.25, 0.3) is 0 Å². The third kappa shape index (κ3) is 1.09. The van der Waals surface area contributed by atoms with Crippen molar-refractivity contribution in [3.8, 4) is 0 Å². The fraction of sp³-hybridized carbons (Fsp3) is 1.00. The minimum absolute atomic E-state index is 0.281. The summed E-state index contributed by atoms with van der Waals surface area (Å²) in [6, 6.07) is 0. The van der Waals surface area contributed by atoms with Gasteiger partial charge in [0.15, 0.2) is 0 Å². The van der Waals surface area contributed by atoms with E-state index in [1.54, 1.807) is 0 Å². The highest BCUT2D eigenvalue weighted by Gasteiger charge is 2.59. The quantitative estimate of drug-likeness (QED) is 0.648. The lowest BCUT2D eigenvalue weighted by Gasteiger charge is -2.33. The van der Waals surface area contributed by atoms with Gasteiger partial charge in [0.1, 0.15) is 0 Å². The highest BCUT2D eigenvalue weighted by Crippen LogP contribution is 2.50. The Hall–Kier alpha value is -0.0800. The fourth-order valence-corrected chi connectivity index (χ4v) is 2.00. The molecule has 3 N–H and O–H groups in total. The van der Waals surface area contributed by atoms with Gasteiger partial charge in [0.05, 0.1) is 5.60 Å². The molecule has 0 bridgehead atoms. The molecule has 0 amide bonds. The van der Waals surface area contributed by atoms with Crippen LogP contribution >= 0.6 is 0 Å². The van der Waals surface area contributed by atoms with Crippen molar-refractivity contribution in [1.82, 2.24) is 0 Å². The molecule has 0 radical (unpaired) electrons. The van der Waals surface area contributed by atoms with Crippen molar-refractivity contribution in [1.29, 1.82) is 0 Å². The van der Waals surface area contributed by atoms with E-state index in [4.69, 9.17) is 5.73 Å². The number of nitrogens with two attached hydrogens (primary N) is 1. The van der Waals surface area contributed by atoms with Crippen molar-refractivity contribution in [3.05, 3.63) is 0 Å². The number of hydrogen-bond donors (Lipinski definition) is 2. The molecule has 2 unspecified atom stereocenters. The van der Waals surface area contributed by atoms with Crippen LogP contribution in [0.2, 0.25) is 0 Å². The minimum Gasteiger partial charge on any atom is -0.388 e. The lowest BCUT2D eigenvalue weighted by molar-refractivity contribution is -0.00837.